The zero-order valence-corrected chi connectivity index (χ0v) is 16.8. The number of nitro groups is 1. The molecule has 0 spiro atoms. The molecule has 0 saturated carbocycles. The van der Waals surface area contributed by atoms with Gasteiger partial charge in [0.2, 0.25) is 0 Å². The predicted molar refractivity (Wildman–Crippen MR) is 116 cm³/mol. The average Bonchev–Trinajstić information content (AvgIpc) is 2.74. The van der Waals surface area contributed by atoms with Gasteiger partial charge in [0.25, 0.3) is 17.2 Å². The monoisotopic (exact) mass is 435 g/mol. The lowest BCUT2D eigenvalue weighted by Gasteiger charge is -2.12. The summed E-state index contributed by atoms with van der Waals surface area (Å²) in [4.78, 5) is 44.3. The van der Waals surface area contributed by atoms with Gasteiger partial charge in [-0.25, -0.2) is 9.97 Å². The number of rotatable bonds is 4. The molecule has 0 unspecified atom stereocenters. The van der Waals surface area contributed by atoms with Crippen LogP contribution in [0.15, 0.2) is 65.6 Å². The van der Waals surface area contributed by atoms with E-state index in [1.165, 1.54) is 16.7 Å². The molecule has 0 radical (unpaired) electrons. The number of hydrogen-bond acceptors (Lipinski definition) is 6. The van der Waals surface area contributed by atoms with Crippen molar-refractivity contribution in [3.63, 3.8) is 0 Å². The number of pyridine rings is 1. The molecular formula is C21H14ClN5O4. The molecule has 0 fully saturated rings. The Kier molecular flexibility index (Phi) is 5.18. The van der Waals surface area contributed by atoms with Crippen molar-refractivity contribution in [2.24, 2.45) is 0 Å². The second-order valence-electron chi connectivity index (χ2n) is 6.60. The largest absolute Gasteiger partial charge is 0.322 e. The van der Waals surface area contributed by atoms with Crippen LogP contribution >= 0.6 is 11.6 Å². The predicted octanol–water partition coefficient (Wildman–Crippen LogP) is 3.90. The minimum atomic E-state index is -0.593. The number of anilines is 1. The lowest BCUT2D eigenvalue weighted by atomic mass is 10.2. The van der Waals surface area contributed by atoms with Gasteiger partial charge >= 0.3 is 0 Å². The van der Waals surface area contributed by atoms with Crippen LogP contribution in [-0.2, 0) is 0 Å². The molecule has 9 nitrogen and oxygen atoms in total. The first-order valence-electron chi connectivity index (χ1n) is 9.05. The van der Waals surface area contributed by atoms with E-state index < -0.39 is 10.8 Å². The van der Waals surface area contributed by atoms with E-state index in [-0.39, 0.29) is 21.8 Å². The van der Waals surface area contributed by atoms with E-state index >= 15 is 0 Å². The number of aryl methyl sites for hydroxylation is 1. The van der Waals surface area contributed by atoms with Crippen molar-refractivity contribution < 1.29 is 9.72 Å². The van der Waals surface area contributed by atoms with Crippen molar-refractivity contribution >= 4 is 39.9 Å². The van der Waals surface area contributed by atoms with Gasteiger partial charge in [0.15, 0.2) is 5.65 Å². The molecule has 154 valence electrons. The molecule has 0 aliphatic carbocycles. The maximum atomic E-state index is 13.0. The molecule has 1 amide bonds. The third-order valence-electron chi connectivity index (χ3n) is 4.58. The summed E-state index contributed by atoms with van der Waals surface area (Å²) in [6.45, 7) is 1.69. The fraction of sp³-hybridized carbons (Fsp3) is 0.0476. The van der Waals surface area contributed by atoms with Gasteiger partial charge in [0.05, 0.1) is 26.6 Å². The highest BCUT2D eigenvalue weighted by atomic mass is 35.5. The number of benzene rings is 2. The van der Waals surface area contributed by atoms with Gasteiger partial charge < -0.3 is 5.32 Å². The molecule has 2 aromatic heterocycles. The molecule has 0 bridgehead atoms. The van der Waals surface area contributed by atoms with E-state index in [1.54, 1.807) is 49.5 Å². The molecule has 0 saturated heterocycles. The summed E-state index contributed by atoms with van der Waals surface area (Å²) < 4.78 is 1.43. The van der Waals surface area contributed by atoms with E-state index in [0.29, 0.717) is 28.2 Å². The van der Waals surface area contributed by atoms with Gasteiger partial charge in [-0.05, 0) is 43.3 Å². The Morgan fingerprint density at radius 3 is 2.71 bits per heavy atom. The third-order valence-corrected chi connectivity index (χ3v) is 4.89. The summed E-state index contributed by atoms with van der Waals surface area (Å²) in [5, 5.41) is 13.9. The highest BCUT2D eigenvalue weighted by Crippen LogP contribution is 2.24. The van der Waals surface area contributed by atoms with Gasteiger partial charge in [-0.3, -0.25) is 24.3 Å². The van der Waals surface area contributed by atoms with Crippen LogP contribution in [0, 0.1) is 17.0 Å². The topological polar surface area (TPSA) is 120 Å². The van der Waals surface area contributed by atoms with Crippen LogP contribution in [0.3, 0.4) is 0 Å². The zero-order chi connectivity index (χ0) is 22.1. The maximum Gasteiger partial charge on any atom is 0.270 e. The van der Waals surface area contributed by atoms with E-state index in [1.807, 2.05) is 0 Å². The van der Waals surface area contributed by atoms with E-state index in [4.69, 9.17) is 11.6 Å². The van der Waals surface area contributed by atoms with E-state index in [0.717, 1.165) is 6.07 Å². The Labute approximate surface area is 180 Å². The zero-order valence-electron chi connectivity index (χ0n) is 16.1. The maximum absolute atomic E-state index is 13.0. The van der Waals surface area contributed by atoms with Gasteiger partial charge in [0.1, 0.15) is 5.82 Å². The molecule has 0 aliphatic rings. The highest BCUT2D eigenvalue weighted by molar-refractivity contribution is 6.34. The first-order chi connectivity index (χ1) is 14.8. The van der Waals surface area contributed by atoms with Crippen LogP contribution in [0.1, 0.15) is 16.2 Å². The Morgan fingerprint density at radius 1 is 1.16 bits per heavy atom. The SMILES string of the molecule is Cc1nc2ncccc2c(=O)n1-c1cccc(NC(=O)c2ccc([N+](=O)[O-])cc2Cl)c1. The molecule has 0 aliphatic heterocycles. The molecule has 2 aromatic carbocycles. The summed E-state index contributed by atoms with van der Waals surface area (Å²) in [7, 11) is 0. The van der Waals surface area contributed by atoms with Crippen molar-refractivity contribution in [2.75, 3.05) is 5.32 Å². The summed E-state index contributed by atoms with van der Waals surface area (Å²) >= 11 is 6.03. The smallest absolute Gasteiger partial charge is 0.270 e. The third kappa shape index (κ3) is 3.86. The fourth-order valence-electron chi connectivity index (χ4n) is 3.15. The number of carbonyl (C=O) groups excluding carboxylic acids is 1. The Balaban J connectivity index is 1.69. The Morgan fingerprint density at radius 2 is 1.97 bits per heavy atom. The lowest BCUT2D eigenvalue weighted by Crippen LogP contribution is -2.23. The first-order valence-corrected chi connectivity index (χ1v) is 9.43. The van der Waals surface area contributed by atoms with Crippen LogP contribution in [-0.4, -0.2) is 25.4 Å². The number of fused-ring (bicyclic) bond motifs is 1. The van der Waals surface area contributed by atoms with Crippen molar-refractivity contribution in [3.05, 3.63) is 97.7 Å². The molecule has 10 heteroatoms. The minimum Gasteiger partial charge on any atom is -0.322 e. The number of halogens is 1. The molecule has 0 atom stereocenters. The number of carbonyl (C=O) groups is 1. The van der Waals surface area contributed by atoms with Gasteiger partial charge in [-0.1, -0.05) is 17.7 Å². The summed E-state index contributed by atoms with van der Waals surface area (Å²) in [6.07, 6.45) is 1.57. The Hall–Kier alpha value is -4.11. The standard InChI is InChI=1S/C21H14ClN5O4/c1-12-24-19-17(6-3-9-23-19)21(29)26(12)14-5-2-4-13(10-14)25-20(28)16-8-7-15(27(30)31)11-18(16)22/h2-11H,1H3,(H,25,28). The molecule has 1 N–H and O–H groups in total. The molecular weight excluding hydrogens is 422 g/mol. The number of nitrogens with one attached hydrogen (secondary N) is 1. The van der Waals surface area contributed by atoms with Crippen LogP contribution in [0.4, 0.5) is 11.4 Å². The summed E-state index contributed by atoms with van der Waals surface area (Å²) in [6, 6.07) is 13.6. The average molecular weight is 436 g/mol. The molecule has 31 heavy (non-hydrogen) atoms. The minimum absolute atomic E-state index is 0.0406. The van der Waals surface area contributed by atoms with Crippen molar-refractivity contribution in [1.29, 1.82) is 0 Å². The number of hydrogen-bond donors (Lipinski definition) is 1. The highest BCUT2D eigenvalue weighted by Gasteiger charge is 2.16. The first kappa shape index (κ1) is 20.2. The van der Waals surface area contributed by atoms with Gasteiger partial charge in [-0.2, -0.15) is 0 Å². The summed E-state index contributed by atoms with van der Waals surface area (Å²) in [5.74, 6) is -0.0972. The normalized spacial score (nSPS) is 10.8. The van der Waals surface area contributed by atoms with Gasteiger partial charge in [0, 0.05) is 24.0 Å². The molecule has 4 aromatic rings. The van der Waals surface area contributed by atoms with Crippen LogP contribution in [0.5, 0.6) is 0 Å². The number of amides is 1. The fourth-order valence-corrected chi connectivity index (χ4v) is 3.41. The molecule has 2 heterocycles. The molecule has 4 rings (SSSR count). The number of non-ortho nitro benzene ring substituents is 1. The van der Waals surface area contributed by atoms with E-state index in [2.05, 4.69) is 15.3 Å². The second-order valence-corrected chi connectivity index (χ2v) is 7.01. The number of aromatic nitrogens is 3. The second kappa shape index (κ2) is 7.96. The van der Waals surface area contributed by atoms with Crippen molar-refractivity contribution in [3.8, 4) is 5.69 Å². The van der Waals surface area contributed by atoms with Crippen molar-refractivity contribution in [2.45, 2.75) is 6.92 Å². The Bertz CT molecular complexity index is 1420. The number of nitro benzene ring substituents is 1. The van der Waals surface area contributed by atoms with E-state index in [9.17, 15) is 19.7 Å². The van der Waals surface area contributed by atoms with Crippen LogP contribution in [0.2, 0.25) is 5.02 Å². The van der Waals surface area contributed by atoms with Crippen LogP contribution in [0.25, 0.3) is 16.7 Å². The summed E-state index contributed by atoms with van der Waals surface area (Å²) in [5.41, 5.74) is 0.875. The lowest BCUT2D eigenvalue weighted by molar-refractivity contribution is -0.384. The quantitative estimate of drug-likeness (QED) is 0.383. The van der Waals surface area contributed by atoms with Gasteiger partial charge in [-0.15, -0.1) is 0 Å². The van der Waals surface area contributed by atoms with Crippen molar-refractivity contribution in [1.82, 2.24) is 14.5 Å². The van der Waals surface area contributed by atoms with Crippen LogP contribution < -0.4 is 10.9 Å². The number of nitrogens with zero attached hydrogens (tertiary/aromatic N) is 4.